The van der Waals surface area contributed by atoms with Gasteiger partial charge in [0.05, 0.1) is 17.9 Å². The molecule has 2 rings (SSSR count). The number of piperidine rings is 1. The van der Waals surface area contributed by atoms with E-state index >= 15 is 0 Å². The maximum atomic E-state index is 14.0. The molecule has 0 amide bonds. The standard InChI is InChI=1S/C14H17F2NO3/c1-20-8-9-3-2-6-17(7-9)11-5-4-10(14(18)19)12(15)13(11)16/h4-5,9H,2-3,6-8H2,1H3,(H,18,19). The Hall–Kier alpha value is -1.69. The highest BCUT2D eigenvalue weighted by molar-refractivity contribution is 5.88. The molecule has 1 aromatic carbocycles. The molecule has 1 unspecified atom stereocenters. The van der Waals surface area contributed by atoms with E-state index in [-0.39, 0.29) is 11.6 Å². The van der Waals surface area contributed by atoms with E-state index < -0.39 is 23.2 Å². The second-order valence-electron chi connectivity index (χ2n) is 4.97. The molecule has 4 nitrogen and oxygen atoms in total. The minimum absolute atomic E-state index is 0.119. The molecule has 110 valence electrons. The van der Waals surface area contributed by atoms with Crippen LogP contribution in [0, 0.1) is 17.6 Å². The molecule has 1 aromatic rings. The number of methoxy groups -OCH3 is 1. The van der Waals surface area contributed by atoms with Crippen LogP contribution in [0.4, 0.5) is 14.5 Å². The normalized spacial score (nSPS) is 19.1. The Bertz CT molecular complexity index is 505. The van der Waals surface area contributed by atoms with Gasteiger partial charge in [-0.25, -0.2) is 13.6 Å². The molecule has 0 aromatic heterocycles. The Morgan fingerprint density at radius 1 is 1.45 bits per heavy atom. The fraction of sp³-hybridized carbons (Fsp3) is 0.500. The lowest BCUT2D eigenvalue weighted by molar-refractivity contribution is 0.0690. The van der Waals surface area contributed by atoms with Crippen molar-refractivity contribution in [3.05, 3.63) is 29.3 Å². The Kier molecular flexibility index (Phi) is 4.54. The molecule has 20 heavy (non-hydrogen) atoms. The molecule has 1 N–H and O–H groups in total. The van der Waals surface area contributed by atoms with Gasteiger partial charge < -0.3 is 14.7 Å². The predicted octanol–water partition coefficient (Wildman–Crippen LogP) is 2.53. The molecule has 0 spiro atoms. The van der Waals surface area contributed by atoms with Crippen LogP contribution < -0.4 is 4.90 Å². The highest BCUT2D eigenvalue weighted by atomic mass is 19.2. The van der Waals surface area contributed by atoms with Crippen molar-refractivity contribution in [3.8, 4) is 0 Å². The smallest absolute Gasteiger partial charge is 0.338 e. The zero-order valence-corrected chi connectivity index (χ0v) is 11.2. The lowest BCUT2D eigenvalue weighted by Crippen LogP contribution is -2.37. The highest BCUT2D eigenvalue weighted by Gasteiger charge is 2.25. The van der Waals surface area contributed by atoms with Crippen LogP contribution in [0.5, 0.6) is 0 Å². The minimum Gasteiger partial charge on any atom is -0.478 e. The molecule has 6 heteroatoms. The first-order valence-corrected chi connectivity index (χ1v) is 6.49. The van der Waals surface area contributed by atoms with Crippen molar-refractivity contribution >= 4 is 11.7 Å². The number of hydrogen-bond acceptors (Lipinski definition) is 3. The van der Waals surface area contributed by atoms with Gasteiger partial charge in [0.25, 0.3) is 0 Å². The van der Waals surface area contributed by atoms with Crippen LogP contribution in [0.1, 0.15) is 23.2 Å². The average molecular weight is 285 g/mol. The number of aromatic carboxylic acids is 1. The third kappa shape index (κ3) is 2.90. The van der Waals surface area contributed by atoms with Gasteiger partial charge in [-0.2, -0.15) is 0 Å². The third-order valence-electron chi connectivity index (χ3n) is 3.55. The van der Waals surface area contributed by atoms with Crippen molar-refractivity contribution in [2.24, 2.45) is 5.92 Å². The van der Waals surface area contributed by atoms with Gasteiger partial charge in [0.2, 0.25) is 0 Å². The average Bonchev–Trinajstić information content (AvgIpc) is 2.42. The molecule has 0 aliphatic carbocycles. The number of rotatable bonds is 4. The van der Waals surface area contributed by atoms with Gasteiger partial charge in [0.15, 0.2) is 11.6 Å². The molecule has 0 radical (unpaired) electrons. The van der Waals surface area contributed by atoms with E-state index in [1.807, 2.05) is 0 Å². The van der Waals surface area contributed by atoms with Gasteiger partial charge in [0.1, 0.15) is 0 Å². The second kappa shape index (κ2) is 6.17. The van der Waals surface area contributed by atoms with E-state index in [9.17, 15) is 13.6 Å². The van der Waals surface area contributed by atoms with Crippen LogP contribution in [-0.2, 0) is 4.74 Å². The van der Waals surface area contributed by atoms with E-state index in [2.05, 4.69) is 0 Å². The quantitative estimate of drug-likeness (QED) is 0.923. The largest absolute Gasteiger partial charge is 0.478 e. The van der Waals surface area contributed by atoms with Crippen molar-refractivity contribution < 1.29 is 23.4 Å². The summed E-state index contributed by atoms with van der Waals surface area (Å²) in [6.45, 7) is 1.79. The molecule has 1 saturated heterocycles. The fourth-order valence-corrected chi connectivity index (χ4v) is 2.60. The number of carboxylic acid groups (broad SMARTS) is 1. The first-order valence-electron chi connectivity index (χ1n) is 6.49. The third-order valence-corrected chi connectivity index (χ3v) is 3.55. The summed E-state index contributed by atoms with van der Waals surface area (Å²) in [6.07, 6.45) is 1.86. The number of anilines is 1. The van der Waals surface area contributed by atoms with Crippen molar-refractivity contribution in [2.45, 2.75) is 12.8 Å². The topological polar surface area (TPSA) is 49.8 Å². The number of ether oxygens (including phenoxy) is 1. The Morgan fingerprint density at radius 2 is 2.20 bits per heavy atom. The van der Waals surface area contributed by atoms with Crippen molar-refractivity contribution in [3.63, 3.8) is 0 Å². The molecule has 1 atom stereocenters. The first kappa shape index (κ1) is 14.7. The molecule has 1 aliphatic heterocycles. The molecule has 1 fully saturated rings. The Balaban J connectivity index is 2.24. The van der Waals surface area contributed by atoms with Crippen LogP contribution in [0.3, 0.4) is 0 Å². The Morgan fingerprint density at radius 3 is 2.85 bits per heavy atom. The molecule has 0 saturated carbocycles. The van der Waals surface area contributed by atoms with Gasteiger partial charge in [-0.05, 0) is 30.9 Å². The summed E-state index contributed by atoms with van der Waals surface area (Å²) in [5.74, 6) is -3.59. The van der Waals surface area contributed by atoms with E-state index in [4.69, 9.17) is 9.84 Å². The fourth-order valence-electron chi connectivity index (χ4n) is 2.60. The van der Waals surface area contributed by atoms with Crippen LogP contribution in [0.25, 0.3) is 0 Å². The number of nitrogens with zero attached hydrogens (tertiary/aromatic N) is 1. The highest BCUT2D eigenvalue weighted by Crippen LogP contribution is 2.28. The van der Waals surface area contributed by atoms with Crippen LogP contribution in [-0.4, -0.2) is 37.9 Å². The molecule has 0 bridgehead atoms. The van der Waals surface area contributed by atoms with E-state index in [0.717, 1.165) is 18.9 Å². The lowest BCUT2D eigenvalue weighted by atomic mass is 9.98. The number of carboxylic acids is 1. The SMILES string of the molecule is COCC1CCCN(c2ccc(C(=O)O)c(F)c2F)C1. The first-order chi connectivity index (χ1) is 9.54. The maximum absolute atomic E-state index is 14.0. The summed E-state index contributed by atoms with van der Waals surface area (Å²) >= 11 is 0. The van der Waals surface area contributed by atoms with E-state index in [1.165, 1.54) is 6.07 Å². The van der Waals surface area contributed by atoms with Crippen molar-refractivity contribution in [1.82, 2.24) is 0 Å². The van der Waals surface area contributed by atoms with Crippen molar-refractivity contribution in [2.75, 3.05) is 31.7 Å². The van der Waals surface area contributed by atoms with Crippen LogP contribution in [0.2, 0.25) is 0 Å². The van der Waals surface area contributed by atoms with Gasteiger partial charge >= 0.3 is 5.97 Å². The zero-order chi connectivity index (χ0) is 14.7. The lowest BCUT2D eigenvalue weighted by Gasteiger charge is -2.34. The number of benzene rings is 1. The molecule has 1 heterocycles. The Labute approximate surface area is 116 Å². The number of carbonyl (C=O) groups is 1. The molecular weight excluding hydrogens is 268 g/mol. The van der Waals surface area contributed by atoms with E-state index in [1.54, 1.807) is 12.0 Å². The monoisotopic (exact) mass is 285 g/mol. The molecular formula is C14H17F2NO3. The second-order valence-corrected chi connectivity index (χ2v) is 4.97. The minimum atomic E-state index is -1.47. The van der Waals surface area contributed by atoms with E-state index in [0.29, 0.717) is 19.7 Å². The predicted molar refractivity (Wildman–Crippen MR) is 70.1 cm³/mol. The summed E-state index contributed by atoms with van der Waals surface area (Å²) < 4.78 is 32.8. The number of hydrogen-bond donors (Lipinski definition) is 1. The van der Waals surface area contributed by atoms with Gasteiger partial charge in [0, 0.05) is 20.2 Å². The van der Waals surface area contributed by atoms with Gasteiger partial charge in [-0.1, -0.05) is 0 Å². The van der Waals surface area contributed by atoms with Gasteiger partial charge in [-0.15, -0.1) is 0 Å². The summed E-state index contributed by atoms with van der Waals surface area (Å²) in [4.78, 5) is 12.5. The summed E-state index contributed by atoms with van der Waals surface area (Å²) in [6, 6.07) is 2.44. The van der Waals surface area contributed by atoms with Crippen LogP contribution in [0.15, 0.2) is 12.1 Å². The maximum Gasteiger partial charge on any atom is 0.338 e. The summed E-state index contributed by atoms with van der Waals surface area (Å²) in [5, 5.41) is 8.77. The number of halogens is 2. The van der Waals surface area contributed by atoms with Crippen molar-refractivity contribution in [1.29, 1.82) is 0 Å². The van der Waals surface area contributed by atoms with Crippen LogP contribution >= 0.6 is 0 Å². The summed E-state index contributed by atoms with van der Waals surface area (Å²) in [5.41, 5.74) is -0.523. The summed E-state index contributed by atoms with van der Waals surface area (Å²) in [7, 11) is 1.61. The van der Waals surface area contributed by atoms with Gasteiger partial charge in [-0.3, -0.25) is 0 Å². The molecule has 1 aliphatic rings. The zero-order valence-electron chi connectivity index (χ0n) is 11.2.